The van der Waals surface area contributed by atoms with Gasteiger partial charge in [-0.05, 0) is 44.6 Å². The summed E-state index contributed by atoms with van der Waals surface area (Å²) < 4.78 is 0. The SMILES string of the molecule is CC(C)CCN(CC(C#N)NC1CC1)C1CCCC1. The van der Waals surface area contributed by atoms with E-state index in [2.05, 4.69) is 30.1 Å². The van der Waals surface area contributed by atoms with Crippen molar-refractivity contribution in [3.05, 3.63) is 0 Å². The number of hydrogen-bond acceptors (Lipinski definition) is 3. The van der Waals surface area contributed by atoms with Crippen molar-refractivity contribution in [2.75, 3.05) is 13.1 Å². The highest BCUT2D eigenvalue weighted by Crippen LogP contribution is 2.25. The minimum absolute atomic E-state index is 0.0280. The zero-order valence-corrected chi connectivity index (χ0v) is 12.6. The molecule has 19 heavy (non-hydrogen) atoms. The summed E-state index contributed by atoms with van der Waals surface area (Å²) in [5.41, 5.74) is 0. The van der Waals surface area contributed by atoms with Crippen LogP contribution < -0.4 is 5.32 Å². The van der Waals surface area contributed by atoms with Crippen molar-refractivity contribution in [2.45, 2.75) is 76.9 Å². The monoisotopic (exact) mass is 263 g/mol. The molecule has 3 nitrogen and oxygen atoms in total. The highest BCUT2D eigenvalue weighted by molar-refractivity contribution is 4.98. The smallest absolute Gasteiger partial charge is 0.108 e. The largest absolute Gasteiger partial charge is 0.298 e. The summed E-state index contributed by atoms with van der Waals surface area (Å²) in [5, 5.41) is 12.8. The summed E-state index contributed by atoms with van der Waals surface area (Å²) >= 11 is 0. The maximum Gasteiger partial charge on any atom is 0.108 e. The predicted molar refractivity (Wildman–Crippen MR) is 78.8 cm³/mol. The molecule has 3 heteroatoms. The van der Waals surface area contributed by atoms with Gasteiger partial charge < -0.3 is 0 Å². The lowest BCUT2D eigenvalue weighted by Crippen LogP contribution is -2.45. The molecule has 0 amide bonds. The molecule has 0 spiro atoms. The van der Waals surface area contributed by atoms with Crippen LogP contribution in [0.15, 0.2) is 0 Å². The Kier molecular flexibility index (Phi) is 5.66. The Balaban J connectivity index is 1.84. The van der Waals surface area contributed by atoms with Crippen molar-refractivity contribution in [3.8, 4) is 6.07 Å². The lowest BCUT2D eigenvalue weighted by molar-refractivity contribution is 0.178. The Morgan fingerprint density at radius 1 is 1.21 bits per heavy atom. The summed E-state index contributed by atoms with van der Waals surface area (Å²) in [6.07, 6.45) is 9.17. The van der Waals surface area contributed by atoms with Crippen LogP contribution in [0, 0.1) is 17.2 Å². The molecule has 2 rings (SSSR count). The number of rotatable bonds is 8. The Morgan fingerprint density at radius 3 is 2.42 bits per heavy atom. The van der Waals surface area contributed by atoms with Gasteiger partial charge in [0.1, 0.15) is 6.04 Å². The van der Waals surface area contributed by atoms with Gasteiger partial charge in [-0.2, -0.15) is 5.26 Å². The van der Waals surface area contributed by atoms with Gasteiger partial charge in [0.15, 0.2) is 0 Å². The van der Waals surface area contributed by atoms with E-state index in [1.807, 2.05) is 0 Å². The number of hydrogen-bond donors (Lipinski definition) is 1. The van der Waals surface area contributed by atoms with Gasteiger partial charge in [0.2, 0.25) is 0 Å². The molecule has 1 N–H and O–H groups in total. The lowest BCUT2D eigenvalue weighted by atomic mass is 10.1. The molecule has 108 valence electrons. The van der Waals surface area contributed by atoms with Crippen molar-refractivity contribution in [2.24, 2.45) is 5.92 Å². The number of nitrogens with one attached hydrogen (secondary N) is 1. The molecular weight excluding hydrogens is 234 g/mol. The van der Waals surface area contributed by atoms with E-state index in [9.17, 15) is 5.26 Å². The van der Waals surface area contributed by atoms with Crippen molar-refractivity contribution >= 4 is 0 Å². The summed E-state index contributed by atoms with van der Waals surface area (Å²) in [6, 6.07) is 3.85. The van der Waals surface area contributed by atoms with Crippen LogP contribution in [0.1, 0.15) is 58.8 Å². The van der Waals surface area contributed by atoms with E-state index < -0.39 is 0 Å². The minimum atomic E-state index is 0.0280. The van der Waals surface area contributed by atoms with E-state index in [1.165, 1.54) is 44.9 Å². The van der Waals surface area contributed by atoms with Crippen LogP contribution in [0.5, 0.6) is 0 Å². The van der Waals surface area contributed by atoms with Crippen molar-refractivity contribution in [3.63, 3.8) is 0 Å². The molecule has 2 aliphatic rings. The Hall–Kier alpha value is -0.590. The molecule has 1 unspecified atom stereocenters. The van der Waals surface area contributed by atoms with Gasteiger partial charge in [0.25, 0.3) is 0 Å². The topological polar surface area (TPSA) is 39.1 Å². The fraction of sp³-hybridized carbons (Fsp3) is 0.938. The van der Waals surface area contributed by atoms with E-state index in [1.54, 1.807) is 0 Å². The lowest BCUT2D eigenvalue weighted by Gasteiger charge is -2.31. The van der Waals surface area contributed by atoms with Gasteiger partial charge in [-0.3, -0.25) is 10.2 Å². The van der Waals surface area contributed by atoms with Crippen LogP contribution in [-0.2, 0) is 0 Å². The molecule has 0 radical (unpaired) electrons. The first-order chi connectivity index (χ1) is 9.19. The van der Waals surface area contributed by atoms with E-state index in [0.717, 1.165) is 25.0 Å². The van der Waals surface area contributed by atoms with Crippen molar-refractivity contribution in [1.29, 1.82) is 5.26 Å². The fourth-order valence-electron chi connectivity index (χ4n) is 3.02. The zero-order chi connectivity index (χ0) is 13.7. The molecule has 2 saturated carbocycles. The third-order valence-corrected chi connectivity index (χ3v) is 4.42. The molecule has 1 atom stereocenters. The van der Waals surface area contributed by atoms with Gasteiger partial charge in [-0.15, -0.1) is 0 Å². The van der Waals surface area contributed by atoms with E-state index in [4.69, 9.17) is 0 Å². The van der Waals surface area contributed by atoms with Crippen LogP contribution in [0.4, 0.5) is 0 Å². The van der Waals surface area contributed by atoms with Crippen LogP contribution in [0.25, 0.3) is 0 Å². The molecule has 0 aromatic carbocycles. The first kappa shape index (κ1) is 14.8. The molecule has 0 aliphatic heterocycles. The molecule has 2 fully saturated rings. The molecule has 2 aliphatic carbocycles. The van der Waals surface area contributed by atoms with Crippen molar-refractivity contribution in [1.82, 2.24) is 10.2 Å². The zero-order valence-electron chi connectivity index (χ0n) is 12.6. The number of nitrogens with zero attached hydrogens (tertiary/aromatic N) is 2. The minimum Gasteiger partial charge on any atom is -0.298 e. The van der Waals surface area contributed by atoms with E-state index >= 15 is 0 Å². The second-order valence-corrected chi connectivity index (χ2v) is 6.74. The predicted octanol–water partition coefficient (Wildman–Crippen LogP) is 2.92. The molecule has 0 bridgehead atoms. The first-order valence-electron chi connectivity index (χ1n) is 8.08. The van der Waals surface area contributed by atoms with E-state index in [0.29, 0.717) is 6.04 Å². The van der Waals surface area contributed by atoms with Crippen molar-refractivity contribution < 1.29 is 0 Å². The molecular formula is C16H29N3. The normalized spacial score (nSPS) is 22.1. The second-order valence-electron chi connectivity index (χ2n) is 6.74. The van der Waals surface area contributed by atoms with E-state index in [-0.39, 0.29) is 6.04 Å². The average molecular weight is 263 g/mol. The second kappa shape index (κ2) is 7.26. The van der Waals surface area contributed by atoms with Gasteiger partial charge in [0, 0.05) is 18.6 Å². The third kappa shape index (κ3) is 5.12. The maximum atomic E-state index is 9.33. The molecule has 0 aromatic rings. The van der Waals surface area contributed by atoms with Gasteiger partial charge >= 0.3 is 0 Å². The number of nitriles is 1. The van der Waals surface area contributed by atoms with Crippen LogP contribution in [0.3, 0.4) is 0 Å². The summed E-state index contributed by atoms with van der Waals surface area (Å²) in [5.74, 6) is 0.751. The highest BCUT2D eigenvalue weighted by atomic mass is 15.2. The van der Waals surface area contributed by atoms with Crippen LogP contribution in [-0.4, -0.2) is 36.1 Å². The van der Waals surface area contributed by atoms with Crippen LogP contribution in [0.2, 0.25) is 0 Å². The Bertz CT molecular complexity index is 298. The first-order valence-corrected chi connectivity index (χ1v) is 8.08. The maximum absolute atomic E-state index is 9.33. The molecule has 0 heterocycles. The van der Waals surface area contributed by atoms with Gasteiger partial charge in [-0.1, -0.05) is 26.7 Å². The Labute approximate surface area is 118 Å². The van der Waals surface area contributed by atoms with Crippen LogP contribution >= 0.6 is 0 Å². The van der Waals surface area contributed by atoms with Gasteiger partial charge in [0.05, 0.1) is 6.07 Å². The summed E-state index contributed by atoms with van der Waals surface area (Å²) in [6.45, 7) is 6.66. The molecule has 0 saturated heterocycles. The third-order valence-electron chi connectivity index (χ3n) is 4.42. The fourth-order valence-corrected chi connectivity index (χ4v) is 3.02. The Morgan fingerprint density at radius 2 is 1.89 bits per heavy atom. The average Bonchev–Trinajstić information content (AvgIpc) is 3.03. The van der Waals surface area contributed by atoms with Gasteiger partial charge in [-0.25, -0.2) is 0 Å². The molecule has 0 aromatic heterocycles. The summed E-state index contributed by atoms with van der Waals surface area (Å²) in [4.78, 5) is 2.59. The standard InChI is InChI=1S/C16H29N3/c1-13(2)9-10-19(16-5-3-4-6-16)12-15(11-17)18-14-7-8-14/h13-16,18H,3-10,12H2,1-2H3. The quantitative estimate of drug-likeness (QED) is 0.732. The highest BCUT2D eigenvalue weighted by Gasteiger charge is 2.28. The summed E-state index contributed by atoms with van der Waals surface area (Å²) in [7, 11) is 0.